The highest BCUT2D eigenvalue weighted by Crippen LogP contribution is 2.36. The van der Waals surface area contributed by atoms with Gasteiger partial charge in [0, 0.05) is 6.07 Å². The van der Waals surface area contributed by atoms with E-state index >= 15 is 0 Å². The number of benzene rings is 3. The second-order valence-corrected chi connectivity index (χ2v) is 15.2. The molecule has 1 nitrogen and oxygen atoms in total. The molecule has 0 aliphatic carbocycles. The number of rotatable bonds is 4. The first-order valence-electron chi connectivity index (χ1n) is 11.3. The lowest BCUT2D eigenvalue weighted by molar-refractivity contribution is -0.659. The summed E-state index contributed by atoms with van der Waals surface area (Å²) in [5.74, 6) is 0.473. The van der Waals surface area contributed by atoms with E-state index in [-0.39, 0.29) is 0 Å². The fourth-order valence-corrected chi connectivity index (χ4v) is 5.73. The van der Waals surface area contributed by atoms with E-state index in [4.69, 9.17) is 0 Å². The van der Waals surface area contributed by atoms with Gasteiger partial charge in [0.15, 0.2) is 6.20 Å². The molecule has 0 saturated carbocycles. The predicted octanol–water partition coefficient (Wildman–Crippen LogP) is 6.98. The summed E-state index contributed by atoms with van der Waals surface area (Å²) in [6.07, 6.45) is 2.22. The summed E-state index contributed by atoms with van der Waals surface area (Å²) in [6, 6.07) is 24.9. The van der Waals surface area contributed by atoms with Gasteiger partial charge in [-0.1, -0.05) is 87.2 Å². The van der Waals surface area contributed by atoms with Crippen LogP contribution >= 0.6 is 0 Å². The SMILES string of the molecule is Cc1c(-c2c3ccc([Si](C)(C)C)cc3cc[n+]2C)cc(-c2ccccc2)cc1C(C)C. The van der Waals surface area contributed by atoms with Crippen LogP contribution in [0.4, 0.5) is 0 Å². The highest BCUT2D eigenvalue weighted by molar-refractivity contribution is 6.88. The van der Waals surface area contributed by atoms with E-state index in [1.807, 2.05) is 0 Å². The first-order chi connectivity index (χ1) is 14.7. The van der Waals surface area contributed by atoms with Crippen molar-refractivity contribution in [2.24, 2.45) is 7.05 Å². The molecule has 4 aromatic rings. The van der Waals surface area contributed by atoms with Crippen molar-refractivity contribution in [2.75, 3.05) is 0 Å². The van der Waals surface area contributed by atoms with E-state index in [0.717, 1.165) is 0 Å². The molecule has 1 aromatic heterocycles. The standard InChI is InChI=1S/C29H34NSi/c1-20(2)27-18-24(22-11-9-8-10-12-22)19-28(21(27)3)29-26-14-13-25(31(5,6)7)17-23(26)15-16-30(29)4/h8-20H,1-7H3/q+1. The van der Waals surface area contributed by atoms with Gasteiger partial charge >= 0.3 is 0 Å². The molecule has 3 aromatic carbocycles. The van der Waals surface area contributed by atoms with Gasteiger partial charge in [-0.15, -0.1) is 0 Å². The van der Waals surface area contributed by atoms with Gasteiger partial charge < -0.3 is 0 Å². The maximum atomic E-state index is 2.42. The van der Waals surface area contributed by atoms with Crippen molar-refractivity contribution in [1.82, 2.24) is 0 Å². The Morgan fingerprint density at radius 3 is 2.16 bits per heavy atom. The Bertz CT molecular complexity index is 1250. The molecule has 0 amide bonds. The molecule has 0 N–H and O–H groups in total. The minimum absolute atomic E-state index is 0.473. The molecule has 158 valence electrons. The maximum absolute atomic E-state index is 2.42. The average Bonchev–Trinajstić information content (AvgIpc) is 2.73. The van der Waals surface area contributed by atoms with E-state index in [9.17, 15) is 0 Å². The van der Waals surface area contributed by atoms with Gasteiger partial charge in [-0.25, -0.2) is 4.57 Å². The topological polar surface area (TPSA) is 3.88 Å². The van der Waals surface area contributed by atoms with Gasteiger partial charge in [-0.3, -0.25) is 0 Å². The molecule has 0 aliphatic heterocycles. The van der Waals surface area contributed by atoms with Crippen molar-refractivity contribution in [2.45, 2.75) is 46.3 Å². The zero-order chi connectivity index (χ0) is 22.3. The molecule has 31 heavy (non-hydrogen) atoms. The van der Waals surface area contributed by atoms with E-state index in [2.05, 4.69) is 125 Å². The summed E-state index contributed by atoms with van der Waals surface area (Å²) in [6.45, 7) is 14.1. The zero-order valence-corrected chi connectivity index (χ0v) is 21.0. The summed E-state index contributed by atoms with van der Waals surface area (Å²) in [5, 5.41) is 4.18. The van der Waals surface area contributed by atoms with Crippen LogP contribution in [-0.2, 0) is 7.05 Å². The van der Waals surface area contributed by atoms with Crippen molar-refractivity contribution in [3.05, 3.63) is 84.1 Å². The summed E-state index contributed by atoms with van der Waals surface area (Å²) in [4.78, 5) is 0. The molecule has 0 fully saturated rings. The second kappa shape index (κ2) is 8.09. The smallest absolute Gasteiger partial charge is 0.200 e. The van der Waals surface area contributed by atoms with Gasteiger partial charge in [-0.2, -0.15) is 0 Å². The number of hydrogen-bond acceptors (Lipinski definition) is 0. The lowest BCUT2D eigenvalue weighted by atomic mass is 9.87. The third-order valence-corrected chi connectivity index (χ3v) is 8.48. The van der Waals surface area contributed by atoms with Crippen LogP contribution < -0.4 is 9.75 Å². The van der Waals surface area contributed by atoms with E-state index in [1.54, 1.807) is 0 Å². The van der Waals surface area contributed by atoms with Gasteiger partial charge in [0.1, 0.15) is 7.05 Å². The molecular formula is C29H34NSi+. The second-order valence-electron chi connectivity index (χ2n) is 10.1. The molecule has 1 heterocycles. The Morgan fingerprint density at radius 2 is 1.52 bits per heavy atom. The van der Waals surface area contributed by atoms with Gasteiger partial charge in [0.05, 0.1) is 19.0 Å². The van der Waals surface area contributed by atoms with E-state index in [0.29, 0.717) is 5.92 Å². The van der Waals surface area contributed by atoms with Crippen molar-refractivity contribution in [3.63, 3.8) is 0 Å². The number of hydrogen-bond donors (Lipinski definition) is 0. The van der Waals surface area contributed by atoms with Crippen LogP contribution in [0.3, 0.4) is 0 Å². The maximum Gasteiger partial charge on any atom is 0.220 e. The normalized spacial score (nSPS) is 12.0. The summed E-state index contributed by atoms with van der Waals surface area (Å²) < 4.78 is 2.29. The quantitative estimate of drug-likeness (QED) is 0.246. The largest absolute Gasteiger partial charge is 0.220 e. The Labute approximate surface area is 188 Å². The minimum Gasteiger partial charge on any atom is -0.200 e. The average molecular weight is 425 g/mol. The van der Waals surface area contributed by atoms with Crippen molar-refractivity contribution in [1.29, 1.82) is 0 Å². The van der Waals surface area contributed by atoms with Gasteiger partial charge in [-0.05, 0) is 52.6 Å². The molecule has 0 radical (unpaired) electrons. The van der Waals surface area contributed by atoms with Crippen LogP contribution in [0, 0.1) is 6.92 Å². The molecule has 2 heteroatoms. The lowest BCUT2D eigenvalue weighted by Crippen LogP contribution is -2.37. The van der Waals surface area contributed by atoms with Crippen LogP contribution in [0.15, 0.2) is 72.9 Å². The molecule has 0 atom stereocenters. The highest BCUT2D eigenvalue weighted by Gasteiger charge is 2.23. The van der Waals surface area contributed by atoms with Crippen LogP contribution in [0.25, 0.3) is 33.2 Å². The third kappa shape index (κ3) is 4.09. The van der Waals surface area contributed by atoms with Crippen molar-refractivity contribution >= 4 is 24.0 Å². The van der Waals surface area contributed by atoms with Crippen LogP contribution in [0.1, 0.15) is 30.9 Å². The number of pyridine rings is 1. The minimum atomic E-state index is -1.36. The molecule has 4 rings (SSSR count). The summed E-state index contributed by atoms with van der Waals surface area (Å²) in [5.41, 5.74) is 8.00. The Kier molecular flexibility index (Phi) is 5.61. The highest BCUT2D eigenvalue weighted by atomic mass is 28.3. The van der Waals surface area contributed by atoms with Crippen LogP contribution in [-0.4, -0.2) is 8.07 Å². The van der Waals surface area contributed by atoms with Gasteiger partial charge in [0.25, 0.3) is 0 Å². The Balaban J connectivity index is 2.03. The molecule has 0 saturated heterocycles. The van der Waals surface area contributed by atoms with E-state index in [1.165, 1.54) is 49.5 Å². The zero-order valence-electron chi connectivity index (χ0n) is 20.0. The summed E-state index contributed by atoms with van der Waals surface area (Å²) in [7, 11) is 0.816. The summed E-state index contributed by atoms with van der Waals surface area (Å²) >= 11 is 0. The van der Waals surface area contributed by atoms with Crippen molar-refractivity contribution < 1.29 is 4.57 Å². The third-order valence-electron chi connectivity index (χ3n) is 6.44. The van der Waals surface area contributed by atoms with Crippen LogP contribution in [0.2, 0.25) is 19.6 Å². The Hall–Kier alpha value is -2.71. The Morgan fingerprint density at radius 1 is 0.806 bits per heavy atom. The molecule has 0 unspecified atom stereocenters. The number of aromatic nitrogens is 1. The molecule has 0 aliphatic rings. The number of fused-ring (bicyclic) bond motifs is 1. The first-order valence-corrected chi connectivity index (χ1v) is 14.8. The first kappa shape index (κ1) is 21.5. The fourth-order valence-electron chi connectivity index (χ4n) is 4.55. The monoisotopic (exact) mass is 424 g/mol. The van der Waals surface area contributed by atoms with Crippen LogP contribution in [0.5, 0.6) is 0 Å². The molecule has 0 bridgehead atoms. The molecular weight excluding hydrogens is 390 g/mol. The molecule has 0 spiro atoms. The van der Waals surface area contributed by atoms with Gasteiger partial charge in [0.2, 0.25) is 5.69 Å². The lowest BCUT2D eigenvalue weighted by Gasteiger charge is -2.19. The number of aryl methyl sites for hydroxylation is 1. The van der Waals surface area contributed by atoms with Crippen molar-refractivity contribution in [3.8, 4) is 22.4 Å². The predicted molar refractivity (Wildman–Crippen MR) is 138 cm³/mol. The fraction of sp³-hybridized carbons (Fsp3) is 0.276. The number of nitrogens with zero attached hydrogens (tertiary/aromatic N) is 1. The van der Waals surface area contributed by atoms with E-state index < -0.39 is 8.07 Å².